The number of alkyl halides is 1. The van der Waals surface area contributed by atoms with E-state index in [4.69, 9.17) is 21.3 Å². The van der Waals surface area contributed by atoms with Crippen LogP contribution in [0.15, 0.2) is 0 Å². The van der Waals surface area contributed by atoms with Crippen molar-refractivity contribution in [2.75, 3.05) is 13.2 Å². The first-order valence-corrected chi connectivity index (χ1v) is 7.63. The Kier molecular flexibility index (Phi) is 3.73. The Morgan fingerprint density at radius 1 is 1.50 bits per heavy atom. The molecule has 3 heterocycles. The fraction of sp³-hybridized carbons (Fsp3) is 0.714. The topological polar surface area (TPSA) is 44.9 Å². The second kappa shape index (κ2) is 5.37. The van der Waals surface area contributed by atoms with Gasteiger partial charge < -0.3 is 9.30 Å². The normalized spacial score (nSPS) is 21.5. The molecule has 3 rings (SSSR count). The molecule has 5 nitrogen and oxygen atoms in total. The largest absolute Gasteiger partial charge is 0.381 e. The molecule has 2 aromatic rings. The number of nitrogens with zero attached hydrogens (tertiary/aromatic N) is 4. The van der Waals surface area contributed by atoms with Gasteiger partial charge in [-0.1, -0.05) is 0 Å². The van der Waals surface area contributed by atoms with Gasteiger partial charge in [0.25, 0.3) is 0 Å². The Morgan fingerprint density at radius 2 is 2.30 bits per heavy atom. The molecule has 1 aliphatic heterocycles. The van der Waals surface area contributed by atoms with Gasteiger partial charge in [-0.05, 0) is 26.7 Å². The van der Waals surface area contributed by atoms with Gasteiger partial charge in [-0.25, -0.2) is 4.98 Å². The molecule has 20 heavy (non-hydrogen) atoms. The van der Waals surface area contributed by atoms with E-state index in [-0.39, 0.29) is 5.38 Å². The van der Waals surface area contributed by atoms with E-state index >= 15 is 0 Å². The minimum Gasteiger partial charge on any atom is -0.381 e. The predicted octanol–water partition coefficient (Wildman–Crippen LogP) is 2.80. The summed E-state index contributed by atoms with van der Waals surface area (Å²) < 4.78 is 9.72. The third-order valence-corrected chi connectivity index (χ3v) is 4.17. The molecule has 2 unspecified atom stereocenters. The molecule has 110 valence electrons. The van der Waals surface area contributed by atoms with Crippen LogP contribution in [-0.2, 0) is 18.3 Å². The average Bonchev–Trinajstić information content (AvgIpc) is 2.91. The molecule has 2 aromatic heterocycles. The van der Waals surface area contributed by atoms with Gasteiger partial charge in [-0.2, -0.15) is 5.10 Å². The van der Waals surface area contributed by atoms with Crippen LogP contribution in [0.2, 0.25) is 0 Å². The van der Waals surface area contributed by atoms with Crippen molar-refractivity contribution in [2.24, 2.45) is 13.0 Å². The molecule has 0 amide bonds. The standard InChI is InChI=1S/C14H21ClN4O/c1-9(15)13-16-12-10(2)17-18(3)14(12)19(13)7-11-5-4-6-20-8-11/h9,11H,4-8H2,1-3H3. The first-order valence-electron chi connectivity index (χ1n) is 7.19. The highest BCUT2D eigenvalue weighted by Gasteiger charge is 2.23. The van der Waals surface area contributed by atoms with E-state index in [1.54, 1.807) is 0 Å². The molecule has 0 saturated carbocycles. The van der Waals surface area contributed by atoms with Gasteiger partial charge >= 0.3 is 0 Å². The molecule has 0 radical (unpaired) electrons. The highest BCUT2D eigenvalue weighted by Crippen LogP contribution is 2.28. The fourth-order valence-electron chi connectivity index (χ4n) is 3.04. The van der Waals surface area contributed by atoms with Crippen molar-refractivity contribution in [1.82, 2.24) is 19.3 Å². The van der Waals surface area contributed by atoms with Gasteiger partial charge in [0.05, 0.1) is 17.7 Å². The molecule has 0 aliphatic carbocycles. The summed E-state index contributed by atoms with van der Waals surface area (Å²) in [6.07, 6.45) is 2.34. The van der Waals surface area contributed by atoms with E-state index in [1.807, 2.05) is 25.6 Å². The van der Waals surface area contributed by atoms with Crippen molar-refractivity contribution in [3.05, 3.63) is 11.5 Å². The van der Waals surface area contributed by atoms with Crippen molar-refractivity contribution in [3.63, 3.8) is 0 Å². The average molecular weight is 297 g/mol. The van der Waals surface area contributed by atoms with Crippen molar-refractivity contribution in [3.8, 4) is 0 Å². The Hall–Kier alpha value is -1.07. The predicted molar refractivity (Wildman–Crippen MR) is 79.0 cm³/mol. The number of hydrogen-bond donors (Lipinski definition) is 0. The maximum atomic E-state index is 6.31. The Morgan fingerprint density at radius 3 is 2.95 bits per heavy atom. The third kappa shape index (κ3) is 2.33. The number of ether oxygens (including phenoxy) is 1. The molecule has 0 aromatic carbocycles. The Bertz CT molecular complexity index is 610. The van der Waals surface area contributed by atoms with Crippen molar-refractivity contribution in [2.45, 2.75) is 38.6 Å². The van der Waals surface area contributed by atoms with Crippen LogP contribution in [0, 0.1) is 12.8 Å². The van der Waals surface area contributed by atoms with Gasteiger partial charge in [0.1, 0.15) is 11.3 Å². The summed E-state index contributed by atoms with van der Waals surface area (Å²) in [5.74, 6) is 1.47. The molecule has 1 saturated heterocycles. The van der Waals surface area contributed by atoms with Gasteiger partial charge in [0.2, 0.25) is 0 Å². The number of aryl methyl sites for hydroxylation is 2. The lowest BCUT2D eigenvalue weighted by atomic mass is 10.0. The van der Waals surface area contributed by atoms with Crippen molar-refractivity contribution in [1.29, 1.82) is 0 Å². The molecule has 6 heteroatoms. The van der Waals surface area contributed by atoms with E-state index in [0.717, 1.165) is 48.9 Å². The summed E-state index contributed by atoms with van der Waals surface area (Å²) in [5.41, 5.74) is 2.99. The Labute approximate surface area is 123 Å². The minimum absolute atomic E-state index is 0.105. The van der Waals surface area contributed by atoms with Crippen molar-refractivity contribution >= 4 is 22.8 Å². The molecule has 1 fully saturated rings. The first-order chi connectivity index (χ1) is 9.58. The van der Waals surface area contributed by atoms with Gasteiger partial charge in [0, 0.05) is 26.1 Å². The van der Waals surface area contributed by atoms with Crippen LogP contribution in [0.5, 0.6) is 0 Å². The zero-order valence-corrected chi connectivity index (χ0v) is 13.0. The highest BCUT2D eigenvalue weighted by molar-refractivity contribution is 6.20. The molecular formula is C14H21ClN4O. The van der Waals surface area contributed by atoms with E-state index in [1.165, 1.54) is 6.42 Å². The van der Waals surface area contributed by atoms with Crippen LogP contribution in [0.1, 0.15) is 36.7 Å². The number of rotatable bonds is 3. The van der Waals surface area contributed by atoms with Crippen LogP contribution in [-0.4, -0.2) is 32.5 Å². The number of halogens is 1. The lowest BCUT2D eigenvalue weighted by Crippen LogP contribution is -2.23. The smallest absolute Gasteiger partial charge is 0.158 e. The molecular weight excluding hydrogens is 276 g/mol. The number of imidazole rings is 1. The highest BCUT2D eigenvalue weighted by atomic mass is 35.5. The van der Waals surface area contributed by atoms with E-state index in [9.17, 15) is 0 Å². The zero-order chi connectivity index (χ0) is 14.3. The molecule has 1 aliphatic rings. The van der Waals surface area contributed by atoms with Crippen LogP contribution >= 0.6 is 11.6 Å². The first kappa shape index (κ1) is 13.9. The number of aromatic nitrogens is 4. The lowest BCUT2D eigenvalue weighted by Gasteiger charge is -2.23. The van der Waals surface area contributed by atoms with E-state index < -0.39 is 0 Å². The van der Waals surface area contributed by atoms with Crippen LogP contribution in [0.4, 0.5) is 0 Å². The van der Waals surface area contributed by atoms with Crippen LogP contribution in [0.25, 0.3) is 11.2 Å². The lowest BCUT2D eigenvalue weighted by molar-refractivity contribution is 0.0484. The van der Waals surface area contributed by atoms with Crippen LogP contribution in [0.3, 0.4) is 0 Å². The second-order valence-corrected chi connectivity index (χ2v) is 6.32. The fourth-order valence-corrected chi connectivity index (χ4v) is 3.21. The summed E-state index contributed by atoms with van der Waals surface area (Å²) >= 11 is 6.31. The summed E-state index contributed by atoms with van der Waals surface area (Å²) in [6.45, 7) is 6.58. The van der Waals surface area contributed by atoms with Crippen LogP contribution < -0.4 is 0 Å². The Balaban J connectivity index is 2.03. The maximum Gasteiger partial charge on any atom is 0.158 e. The summed E-state index contributed by atoms with van der Waals surface area (Å²) in [4.78, 5) is 4.70. The van der Waals surface area contributed by atoms with E-state index in [2.05, 4.69) is 9.67 Å². The van der Waals surface area contributed by atoms with Crippen molar-refractivity contribution < 1.29 is 4.74 Å². The zero-order valence-electron chi connectivity index (χ0n) is 12.3. The molecule has 0 bridgehead atoms. The third-order valence-electron chi connectivity index (χ3n) is 3.97. The SMILES string of the molecule is Cc1nn(C)c2c1nc(C(C)Cl)n2CC1CCCOC1. The quantitative estimate of drug-likeness (QED) is 0.818. The summed E-state index contributed by atoms with van der Waals surface area (Å²) in [7, 11) is 1.97. The van der Waals surface area contributed by atoms with Gasteiger partial charge in [-0.3, -0.25) is 4.68 Å². The molecule has 2 atom stereocenters. The second-order valence-electron chi connectivity index (χ2n) is 5.66. The minimum atomic E-state index is -0.105. The van der Waals surface area contributed by atoms with Gasteiger partial charge in [0.15, 0.2) is 5.65 Å². The maximum absolute atomic E-state index is 6.31. The molecule has 0 spiro atoms. The van der Waals surface area contributed by atoms with E-state index in [0.29, 0.717) is 5.92 Å². The monoisotopic (exact) mass is 296 g/mol. The number of hydrogen-bond acceptors (Lipinski definition) is 3. The van der Waals surface area contributed by atoms with Gasteiger partial charge in [-0.15, -0.1) is 11.6 Å². The summed E-state index contributed by atoms with van der Waals surface area (Å²) in [5, 5.41) is 4.36. The summed E-state index contributed by atoms with van der Waals surface area (Å²) in [6, 6.07) is 0. The molecule has 0 N–H and O–H groups in total. The number of fused-ring (bicyclic) bond motifs is 1.